The van der Waals surface area contributed by atoms with Crippen molar-refractivity contribution in [3.63, 3.8) is 0 Å². The number of amides is 12. The van der Waals surface area contributed by atoms with Crippen molar-refractivity contribution in [2.75, 3.05) is 102 Å². The van der Waals surface area contributed by atoms with Crippen LogP contribution >= 0.6 is 11.6 Å². The zero-order valence-corrected chi connectivity index (χ0v) is 67.5. The minimum atomic E-state index is -4.58. The minimum Gasteiger partial charge on any atom is -0.379 e. The van der Waals surface area contributed by atoms with E-state index in [1.165, 1.54) is 76.0 Å². The average Bonchev–Trinajstić information content (AvgIpc) is 0.976. The van der Waals surface area contributed by atoms with Crippen molar-refractivity contribution in [1.82, 2.24) is 60.0 Å². The summed E-state index contributed by atoms with van der Waals surface area (Å²) in [4.78, 5) is 193. The molecule has 3 aliphatic heterocycles. The molecule has 622 valence electrons. The van der Waals surface area contributed by atoms with Gasteiger partial charge in [0.15, 0.2) is 0 Å². The number of hydrogen-bond acceptors (Lipinski definition) is 14. The van der Waals surface area contributed by atoms with Gasteiger partial charge in [-0.3, -0.25) is 57.5 Å². The van der Waals surface area contributed by atoms with Gasteiger partial charge < -0.3 is 69.5 Å². The summed E-state index contributed by atoms with van der Waals surface area (Å²) in [6.07, 6.45) is -4.90. The molecule has 1 spiro atoms. The number of alkyl halides is 7. The predicted molar refractivity (Wildman–Crippen MR) is 396 cm³/mol. The van der Waals surface area contributed by atoms with Gasteiger partial charge in [0.2, 0.25) is 70.9 Å². The molecule has 0 radical (unpaired) electrons. The number of hydrogen-bond donors (Lipinski definition) is 3. The Balaban J connectivity index is 1.34. The molecule has 3 unspecified atom stereocenters. The summed E-state index contributed by atoms with van der Waals surface area (Å²) in [6.45, 7) is 8.94. The third-order valence-electron chi connectivity index (χ3n) is 24.2. The smallest absolute Gasteiger partial charge is 0.379 e. The van der Waals surface area contributed by atoms with Gasteiger partial charge in [-0.15, -0.1) is 11.6 Å². The number of rotatable bonds is 15. The third kappa shape index (κ3) is 22.3. The van der Waals surface area contributed by atoms with Crippen molar-refractivity contribution < 1.29 is 93.4 Å². The van der Waals surface area contributed by atoms with E-state index in [9.17, 15) is 55.1 Å². The van der Waals surface area contributed by atoms with Gasteiger partial charge in [0.05, 0.1) is 44.1 Å². The molecule has 0 aromatic rings. The van der Waals surface area contributed by atoms with Crippen LogP contribution in [0.1, 0.15) is 183 Å². The number of likely N-dealkylation sites (N-methyl/N-ethyl adjacent to an activating group) is 7. The second kappa shape index (κ2) is 38.8. The van der Waals surface area contributed by atoms with Crippen LogP contribution in [0.5, 0.6) is 0 Å². The molecule has 4 aliphatic carbocycles. The summed E-state index contributed by atoms with van der Waals surface area (Å²) in [5.41, 5.74) is -2.28. The molecule has 0 aromatic heterocycles. The average molecular weight is 1590 g/mol. The molecule has 6 fully saturated rings. The fourth-order valence-electron chi connectivity index (χ4n) is 17.7. The largest absolute Gasteiger partial charge is 0.393 e. The van der Waals surface area contributed by atoms with E-state index in [0.717, 1.165) is 24.5 Å². The van der Waals surface area contributed by atoms with Crippen LogP contribution in [0.4, 0.5) is 26.3 Å². The van der Waals surface area contributed by atoms with E-state index in [2.05, 4.69) is 16.0 Å². The molecule has 7 aliphatic rings. The van der Waals surface area contributed by atoms with E-state index in [1.807, 2.05) is 20.8 Å². The maximum absolute atomic E-state index is 15.8. The van der Waals surface area contributed by atoms with Crippen LogP contribution < -0.4 is 16.0 Å². The number of fused-ring (bicyclic) bond motifs is 3. The minimum absolute atomic E-state index is 0.0277. The van der Waals surface area contributed by atoms with Crippen LogP contribution in [0.3, 0.4) is 0 Å². The van der Waals surface area contributed by atoms with Crippen LogP contribution in [-0.4, -0.2) is 295 Å². The summed E-state index contributed by atoms with van der Waals surface area (Å²) in [6, 6.07) is -11.3. The van der Waals surface area contributed by atoms with Gasteiger partial charge in [0.25, 0.3) is 0 Å². The first-order valence-electron chi connectivity index (χ1n) is 39.4. The number of halogens is 7. The van der Waals surface area contributed by atoms with Gasteiger partial charge in [0, 0.05) is 94.5 Å². The summed E-state index contributed by atoms with van der Waals surface area (Å²) in [5, 5.41) is 7.33. The fraction of sp³-hybridized carbons (Fsp3) is 0.818. The first-order chi connectivity index (χ1) is 51.5. The Morgan fingerprint density at radius 3 is 1.89 bits per heavy atom. The zero-order valence-electron chi connectivity index (χ0n) is 66.8. The molecule has 0 aromatic carbocycles. The lowest BCUT2D eigenvalue weighted by molar-refractivity contribution is -0.184. The number of nitrogens with zero attached hydrogens (tertiary/aromatic N) is 9. The Bertz CT molecular complexity index is 3290. The maximum Gasteiger partial charge on any atom is 0.393 e. The zero-order chi connectivity index (χ0) is 81.8. The van der Waals surface area contributed by atoms with E-state index < -0.39 is 209 Å². The lowest BCUT2D eigenvalue weighted by Crippen LogP contribution is -2.71. The Hall–Kier alpha value is -6.83. The highest BCUT2D eigenvalue weighted by Gasteiger charge is 2.60. The number of carbonyl (C=O) groups is 12. The van der Waals surface area contributed by atoms with Crippen molar-refractivity contribution in [3.8, 4) is 0 Å². The quantitative estimate of drug-likeness (QED) is 0.0667. The second-order valence-corrected chi connectivity index (χ2v) is 33.7. The first-order valence-corrected chi connectivity index (χ1v) is 39.9. The maximum atomic E-state index is 15.8. The molecule has 2 bridgehead atoms. The fourth-order valence-corrected chi connectivity index (χ4v) is 18.2. The normalized spacial score (nSPS) is 31.4. The molecule has 13 atom stereocenters. The number of ether oxygens (including phenoxy) is 2. The molecule has 3 heterocycles. The van der Waals surface area contributed by atoms with Crippen molar-refractivity contribution in [2.45, 2.75) is 261 Å². The third-order valence-corrected chi connectivity index (χ3v) is 24.7. The standard InChI is InChI=1S/C77H121ClF6N12O14/c1-15-35-109-43-59-65(100)86-63(46(4)16-2)71(106)90(10)42-62(99)91(11)55-25-19-18-22-34-95(70(55)105)58(37-48-26-30-50(31-27-48)76(79,80)81)69(104)89(9)41-60(97)85-54(33-29-47-28-32-52(53(78)36-47)77(82,83)84)67(102)96-40-51(110-17-3)38-56(96)66(101)87-75(44-74(5,6)45-75)73(108)94(14)64(49-23-20-21-24-49)72(107)93(13)57(68(103)88(7)8)39-61(98)92(59)12/h18-19,46-59,63-64H,15-17,20-45H2,1-14H3,(H,85,97)(H,86,100)(H,87,101)/b19-18-/t46-,47?,48?,50?,51+,52?,53?,54-,55-,56-,57-,58-,59-,63-,64-/m0/s1. The van der Waals surface area contributed by atoms with Crippen LogP contribution in [0.25, 0.3) is 0 Å². The van der Waals surface area contributed by atoms with E-state index >= 15 is 28.8 Å². The molecule has 7 rings (SSSR count). The Morgan fingerprint density at radius 1 is 0.673 bits per heavy atom. The Kier molecular flexibility index (Phi) is 31.9. The highest BCUT2D eigenvalue weighted by atomic mass is 35.5. The molecular weight excluding hydrogens is 1470 g/mol. The van der Waals surface area contributed by atoms with Crippen LogP contribution in [-0.2, 0) is 67.0 Å². The highest BCUT2D eigenvalue weighted by molar-refractivity contribution is 6.21. The summed E-state index contributed by atoms with van der Waals surface area (Å²) >= 11 is 6.44. The molecule has 12 amide bonds. The predicted octanol–water partition coefficient (Wildman–Crippen LogP) is 6.69. The van der Waals surface area contributed by atoms with Gasteiger partial charge in [-0.1, -0.05) is 66.0 Å². The highest BCUT2D eigenvalue weighted by Crippen LogP contribution is 2.50. The number of nitrogens with one attached hydrogen (secondary N) is 3. The monoisotopic (exact) mass is 1590 g/mol. The van der Waals surface area contributed by atoms with Crippen molar-refractivity contribution in [2.24, 2.45) is 40.9 Å². The van der Waals surface area contributed by atoms with Crippen LogP contribution in [0.2, 0.25) is 0 Å². The lowest BCUT2D eigenvalue weighted by Gasteiger charge is -2.54. The summed E-state index contributed by atoms with van der Waals surface area (Å²) in [7, 11) is 11.0. The van der Waals surface area contributed by atoms with E-state index in [-0.39, 0.29) is 129 Å². The van der Waals surface area contributed by atoms with Gasteiger partial charge in [-0.2, -0.15) is 26.3 Å². The first kappa shape index (κ1) is 90.4. The van der Waals surface area contributed by atoms with Crippen molar-refractivity contribution in [1.29, 1.82) is 0 Å². The molecule has 4 saturated carbocycles. The number of carbonyl (C=O) groups excluding carboxylic acids is 12. The van der Waals surface area contributed by atoms with Crippen LogP contribution in [0, 0.1) is 40.9 Å². The van der Waals surface area contributed by atoms with E-state index in [1.54, 1.807) is 32.9 Å². The lowest BCUT2D eigenvalue weighted by atomic mass is 9.58. The van der Waals surface area contributed by atoms with Crippen molar-refractivity contribution in [3.05, 3.63) is 12.2 Å². The molecule has 33 heteroatoms. The van der Waals surface area contributed by atoms with E-state index in [0.29, 0.717) is 38.5 Å². The topological polar surface area (TPSA) is 289 Å². The summed E-state index contributed by atoms with van der Waals surface area (Å²) in [5.74, 6) is -14.7. The molecule has 110 heavy (non-hydrogen) atoms. The van der Waals surface area contributed by atoms with Crippen LogP contribution in [0.15, 0.2) is 12.2 Å². The molecule has 3 N–H and O–H groups in total. The molecular formula is C77H121ClF6N12O14. The Labute approximate surface area is 649 Å². The van der Waals surface area contributed by atoms with E-state index in [4.69, 9.17) is 21.1 Å². The molecule has 26 nitrogen and oxygen atoms in total. The van der Waals surface area contributed by atoms with Gasteiger partial charge >= 0.3 is 12.4 Å². The summed E-state index contributed by atoms with van der Waals surface area (Å²) < 4.78 is 97.0. The van der Waals surface area contributed by atoms with Gasteiger partial charge in [-0.05, 0) is 145 Å². The van der Waals surface area contributed by atoms with Gasteiger partial charge in [0.1, 0.15) is 53.9 Å². The molecule has 2 saturated heterocycles. The second-order valence-electron chi connectivity index (χ2n) is 33.2. The van der Waals surface area contributed by atoms with Crippen molar-refractivity contribution >= 4 is 82.5 Å². The van der Waals surface area contributed by atoms with Gasteiger partial charge in [-0.25, -0.2) is 0 Å². The Morgan fingerprint density at radius 2 is 1.31 bits per heavy atom. The SMILES string of the molecule is CCCOC[C@H]1C(=O)N[C@@H]([C@@H](C)CC)C(=O)N(C)CC(=O)N(C)[C@H]2C/C=C\CCN(C2=O)[C@@H](CC2CCC(C(F)(F)F)CC2)C(=O)N(C)CC(=O)N[C@@H](CCC2CCC(C(F)(F)F)C(Cl)C2)C(=O)N2C[C@H](OCC)C[C@H]2C(=O)NC2(CC(C)(C)C2)C(=O)N(C)[C@@H](C2CCCC2)C(=O)N(C)[C@H](C(=O)N(C)C)CC(=O)N1C.